The Kier molecular flexibility index (Phi) is 6.50. The standard InChI is InChI=1S/C24H24N6O2/c1-2-6-21-22(9-5-14-25-21)30(16-23(31)32)15-17-10-12-18(13-11-17)19-7-3-4-8-20(19)24-26-28-29-27-24/h3-5,7-14H,2,6,15-16H2,1H3,(H,31,32)(H,26,27,28,29). The molecule has 0 radical (unpaired) electrons. The molecule has 4 rings (SSSR count). The summed E-state index contributed by atoms with van der Waals surface area (Å²) in [7, 11) is 0. The maximum Gasteiger partial charge on any atom is 0.323 e. The lowest BCUT2D eigenvalue weighted by Crippen LogP contribution is -2.30. The van der Waals surface area contributed by atoms with Gasteiger partial charge in [0.2, 0.25) is 0 Å². The molecule has 4 aromatic rings. The molecule has 0 amide bonds. The number of benzene rings is 2. The number of H-pyrrole nitrogens is 1. The largest absolute Gasteiger partial charge is 0.480 e. The fourth-order valence-corrected chi connectivity index (χ4v) is 3.76. The summed E-state index contributed by atoms with van der Waals surface area (Å²) in [6.45, 7) is 2.47. The minimum absolute atomic E-state index is 0.0918. The third-order valence-electron chi connectivity index (χ3n) is 5.19. The molecular formula is C24H24N6O2. The Morgan fingerprint density at radius 2 is 1.81 bits per heavy atom. The highest BCUT2D eigenvalue weighted by Gasteiger charge is 2.16. The Morgan fingerprint density at radius 3 is 2.50 bits per heavy atom. The molecule has 0 fully saturated rings. The quantitative estimate of drug-likeness (QED) is 0.415. The number of nitrogens with zero attached hydrogens (tertiary/aromatic N) is 5. The van der Waals surface area contributed by atoms with Gasteiger partial charge in [-0.3, -0.25) is 9.78 Å². The molecule has 0 aliphatic heterocycles. The number of anilines is 1. The maximum absolute atomic E-state index is 11.6. The minimum atomic E-state index is -0.873. The number of aliphatic carboxylic acids is 1. The van der Waals surface area contributed by atoms with Gasteiger partial charge in [-0.05, 0) is 45.7 Å². The molecule has 2 aromatic carbocycles. The summed E-state index contributed by atoms with van der Waals surface area (Å²) < 4.78 is 0. The molecule has 8 heteroatoms. The molecule has 0 aliphatic carbocycles. The van der Waals surface area contributed by atoms with E-state index in [-0.39, 0.29) is 6.54 Å². The van der Waals surface area contributed by atoms with Crippen molar-refractivity contribution < 1.29 is 9.90 Å². The van der Waals surface area contributed by atoms with Crippen molar-refractivity contribution in [3.8, 4) is 22.5 Å². The second-order valence-electron chi connectivity index (χ2n) is 7.46. The third-order valence-corrected chi connectivity index (χ3v) is 5.19. The van der Waals surface area contributed by atoms with Gasteiger partial charge in [-0.25, -0.2) is 5.10 Å². The van der Waals surface area contributed by atoms with E-state index in [1.165, 1.54) is 0 Å². The number of carboxylic acid groups (broad SMARTS) is 1. The Bertz CT molecular complexity index is 1180. The molecule has 2 aromatic heterocycles. The van der Waals surface area contributed by atoms with Crippen LogP contribution in [-0.4, -0.2) is 43.2 Å². The van der Waals surface area contributed by atoms with Gasteiger partial charge in [0.05, 0.1) is 11.4 Å². The Labute approximate surface area is 186 Å². The van der Waals surface area contributed by atoms with Crippen LogP contribution in [-0.2, 0) is 17.8 Å². The van der Waals surface area contributed by atoms with E-state index in [1.807, 2.05) is 65.6 Å². The molecule has 2 heterocycles. The fraction of sp³-hybridized carbons (Fsp3) is 0.208. The lowest BCUT2D eigenvalue weighted by atomic mass is 9.98. The molecule has 8 nitrogen and oxygen atoms in total. The maximum atomic E-state index is 11.6. The number of aryl methyl sites for hydroxylation is 1. The average Bonchev–Trinajstić information content (AvgIpc) is 3.34. The van der Waals surface area contributed by atoms with E-state index in [0.717, 1.165) is 46.5 Å². The van der Waals surface area contributed by atoms with Crippen molar-refractivity contribution in [1.82, 2.24) is 25.6 Å². The van der Waals surface area contributed by atoms with Crippen molar-refractivity contribution >= 4 is 11.7 Å². The normalized spacial score (nSPS) is 10.8. The smallest absolute Gasteiger partial charge is 0.323 e. The zero-order chi connectivity index (χ0) is 22.3. The molecule has 0 unspecified atom stereocenters. The van der Waals surface area contributed by atoms with Crippen LogP contribution in [0, 0.1) is 0 Å². The number of hydrogen-bond donors (Lipinski definition) is 2. The molecule has 0 atom stereocenters. The summed E-state index contributed by atoms with van der Waals surface area (Å²) in [6, 6.07) is 19.8. The van der Waals surface area contributed by atoms with E-state index in [1.54, 1.807) is 6.20 Å². The van der Waals surface area contributed by atoms with Gasteiger partial charge in [-0.2, -0.15) is 0 Å². The van der Waals surface area contributed by atoms with Gasteiger partial charge in [0.1, 0.15) is 6.54 Å². The van der Waals surface area contributed by atoms with Crippen molar-refractivity contribution in [2.75, 3.05) is 11.4 Å². The van der Waals surface area contributed by atoms with Gasteiger partial charge in [0.15, 0.2) is 5.82 Å². The van der Waals surface area contributed by atoms with E-state index in [4.69, 9.17) is 0 Å². The van der Waals surface area contributed by atoms with Crippen LogP contribution in [0.5, 0.6) is 0 Å². The Balaban J connectivity index is 1.61. The first kappa shape index (κ1) is 21.2. The molecular weight excluding hydrogens is 404 g/mol. The lowest BCUT2D eigenvalue weighted by molar-refractivity contribution is -0.135. The van der Waals surface area contributed by atoms with E-state index < -0.39 is 5.97 Å². The predicted molar refractivity (Wildman–Crippen MR) is 122 cm³/mol. The highest BCUT2D eigenvalue weighted by atomic mass is 16.4. The summed E-state index contributed by atoms with van der Waals surface area (Å²) in [4.78, 5) is 17.9. The lowest BCUT2D eigenvalue weighted by Gasteiger charge is -2.25. The SMILES string of the molecule is CCCc1ncccc1N(CC(=O)O)Cc1ccc(-c2ccccc2-c2nnn[nH]2)cc1. The molecule has 0 saturated heterocycles. The van der Waals surface area contributed by atoms with Crippen molar-refractivity contribution in [2.45, 2.75) is 26.3 Å². The zero-order valence-electron chi connectivity index (χ0n) is 17.8. The fourth-order valence-electron chi connectivity index (χ4n) is 3.76. The molecule has 162 valence electrons. The number of nitrogens with one attached hydrogen (secondary N) is 1. The monoisotopic (exact) mass is 428 g/mol. The van der Waals surface area contributed by atoms with Crippen LogP contribution in [0.4, 0.5) is 5.69 Å². The third kappa shape index (κ3) is 4.80. The van der Waals surface area contributed by atoms with Crippen LogP contribution < -0.4 is 4.90 Å². The number of rotatable bonds is 9. The van der Waals surface area contributed by atoms with E-state index in [0.29, 0.717) is 12.4 Å². The predicted octanol–water partition coefficient (Wildman–Crippen LogP) is 3.97. The highest BCUT2D eigenvalue weighted by Crippen LogP contribution is 2.30. The first-order valence-electron chi connectivity index (χ1n) is 10.5. The number of pyridine rings is 1. The van der Waals surface area contributed by atoms with Crippen LogP contribution >= 0.6 is 0 Å². The van der Waals surface area contributed by atoms with Crippen molar-refractivity contribution in [1.29, 1.82) is 0 Å². The topological polar surface area (TPSA) is 108 Å². The molecule has 0 bridgehead atoms. The summed E-state index contributed by atoms with van der Waals surface area (Å²) in [6.07, 6.45) is 3.50. The minimum Gasteiger partial charge on any atom is -0.480 e. The number of aromatic nitrogens is 5. The Hall–Kier alpha value is -4.07. The summed E-state index contributed by atoms with van der Waals surface area (Å²) >= 11 is 0. The molecule has 0 aliphatic rings. The number of carbonyl (C=O) groups is 1. The van der Waals surface area contributed by atoms with Gasteiger partial charge in [-0.1, -0.05) is 61.9 Å². The summed E-state index contributed by atoms with van der Waals surface area (Å²) in [5, 5.41) is 23.7. The van der Waals surface area contributed by atoms with Crippen LogP contribution in [0.15, 0.2) is 66.9 Å². The van der Waals surface area contributed by atoms with Gasteiger partial charge in [0.25, 0.3) is 0 Å². The first-order chi connectivity index (χ1) is 15.7. The number of tetrazole rings is 1. The highest BCUT2D eigenvalue weighted by molar-refractivity contribution is 5.80. The van der Waals surface area contributed by atoms with Crippen LogP contribution in [0.25, 0.3) is 22.5 Å². The molecule has 0 saturated carbocycles. The summed E-state index contributed by atoms with van der Waals surface area (Å²) in [5.41, 5.74) is 5.75. The molecule has 0 spiro atoms. The van der Waals surface area contributed by atoms with Gasteiger partial charge >= 0.3 is 5.97 Å². The van der Waals surface area contributed by atoms with E-state index >= 15 is 0 Å². The number of carboxylic acids is 1. The summed E-state index contributed by atoms with van der Waals surface area (Å²) in [5.74, 6) is -0.264. The van der Waals surface area contributed by atoms with Crippen LogP contribution in [0.3, 0.4) is 0 Å². The second-order valence-corrected chi connectivity index (χ2v) is 7.46. The first-order valence-corrected chi connectivity index (χ1v) is 10.5. The second kappa shape index (κ2) is 9.82. The van der Waals surface area contributed by atoms with Gasteiger partial charge < -0.3 is 10.0 Å². The number of aromatic amines is 1. The molecule has 2 N–H and O–H groups in total. The average molecular weight is 428 g/mol. The zero-order valence-corrected chi connectivity index (χ0v) is 17.8. The van der Waals surface area contributed by atoms with E-state index in [2.05, 4.69) is 32.5 Å². The van der Waals surface area contributed by atoms with Crippen molar-refractivity contribution in [3.63, 3.8) is 0 Å². The van der Waals surface area contributed by atoms with Crippen LogP contribution in [0.2, 0.25) is 0 Å². The Morgan fingerprint density at radius 1 is 1.03 bits per heavy atom. The number of hydrogen-bond acceptors (Lipinski definition) is 6. The van der Waals surface area contributed by atoms with Crippen LogP contribution in [0.1, 0.15) is 24.6 Å². The van der Waals surface area contributed by atoms with Crippen molar-refractivity contribution in [2.24, 2.45) is 0 Å². The van der Waals surface area contributed by atoms with Gasteiger partial charge in [0, 0.05) is 18.3 Å². The molecule has 32 heavy (non-hydrogen) atoms. The van der Waals surface area contributed by atoms with Gasteiger partial charge in [-0.15, -0.1) is 5.10 Å². The van der Waals surface area contributed by atoms with E-state index in [9.17, 15) is 9.90 Å². The van der Waals surface area contributed by atoms with Crippen molar-refractivity contribution in [3.05, 3.63) is 78.1 Å².